The molecule has 1 atom stereocenters. The molecule has 2 saturated carbocycles. The van der Waals surface area contributed by atoms with E-state index in [0.29, 0.717) is 24.7 Å². The lowest BCUT2D eigenvalue weighted by Crippen LogP contribution is -2.39. The lowest BCUT2D eigenvalue weighted by molar-refractivity contribution is 0.0945. The molecule has 1 amide bonds. The number of aromatic nitrogens is 1. The Bertz CT molecular complexity index is 1140. The maximum atomic E-state index is 12.8. The maximum absolute atomic E-state index is 12.8. The van der Waals surface area contributed by atoms with Crippen molar-refractivity contribution < 1.29 is 9.53 Å². The molecule has 7 heteroatoms. The molecule has 1 aromatic heterocycles. The van der Waals surface area contributed by atoms with Gasteiger partial charge in [0.1, 0.15) is 18.0 Å². The third-order valence-electron chi connectivity index (χ3n) is 6.94. The van der Waals surface area contributed by atoms with Crippen molar-refractivity contribution in [3.8, 4) is 5.88 Å². The van der Waals surface area contributed by atoms with Crippen LogP contribution in [0, 0.1) is 0 Å². The van der Waals surface area contributed by atoms with Crippen molar-refractivity contribution in [2.24, 2.45) is 0 Å². The quantitative estimate of drug-likeness (QED) is 0.599. The van der Waals surface area contributed by atoms with Crippen LogP contribution in [0.3, 0.4) is 0 Å². The lowest BCUT2D eigenvalue weighted by atomic mass is 10.0. The third kappa shape index (κ3) is 4.53. The summed E-state index contributed by atoms with van der Waals surface area (Å²) >= 11 is 1.69. The Hall–Kier alpha value is -2.93. The highest BCUT2D eigenvalue weighted by Gasteiger charge is 2.30. The number of fused-ring (bicyclic) bond motifs is 1. The first-order chi connectivity index (χ1) is 16.7. The van der Waals surface area contributed by atoms with Gasteiger partial charge >= 0.3 is 0 Å². The van der Waals surface area contributed by atoms with E-state index in [1.165, 1.54) is 47.4 Å². The van der Waals surface area contributed by atoms with Gasteiger partial charge in [0.15, 0.2) is 0 Å². The van der Waals surface area contributed by atoms with Crippen LogP contribution >= 0.6 is 11.8 Å². The molecule has 3 heterocycles. The summed E-state index contributed by atoms with van der Waals surface area (Å²) in [6.45, 7) is 1.83. The molecule has 6 nitrogen and oxygen atoms in total. The number of hydrogen-bond acceptors (Lipinski definition) is 6. The summed E-state index contributed by atoms with van der Waals surface area (Å²) in [5, 5.41) is 6.28. The highest BCUT2D eigenvalue weighted by Crippen LogP contribution is 2.47. The fraction of sp³-hybridized carbons (Fsp3) is 0.407. The van der Waals surface area contributed by atoms with Gasteiger partial charge in [-0.1, -0.05) is 12.1 Å². The molecule has 2 aromatic rings. The van der Waals surface area contributed by atoms with Crippen LogP contribution in [-0.4, -0.2) is 42.9 Å². The Balaban J connectivity index is 1.19. The van der Waals surface area contributed by atoms with Crippen LogP contribution in [-0.2, 0) is 0 Å². The van der Waals surface area contributed by atoms with E-state index in [4.69, 9.17) is 4.74 Å². The minimum absolute atomic E-state index is 0.0728. The average molecular weight is 475 g/mol. The molecule has 0 spiro atoms. The van der Waals surface area contributed by atoms with Crippen molar-refractivity contribution in [3.05, 3.63) is 70.4 Å². The molecule has 0 radical (unpaired) electrons. The number of allylic oxidation sites excluding steroid dienone is 1. The minimum atomic E-state index is -0.190. The normalized spacial score (nSPS) is 21.3. The van der Waals surface area contributed by atoms with Gasteiger partial charge in [0, 0.05) is 23.3 Å². The van der Waals surface area contributed by atoms with E-state index in [9.17, 15) is 4.79 Å². The zero-order valence-electron chi connectivity index (χ0n) is 19.4. The van der Waals surface area contributed by atoms with E-state index < -0.39 is 0 Å². The van der Waals surface area contributed by atoms with Crippen molar-refractivity contribution in [1.29, 1.82) is 0 Å². The fourth-order valence-corrected chi connectivity index (χ4v) is 5.06. The fourth-order valence-electron chi connectivity index (χ4n) is 4.66. The van der Waals surface area contributed by atoms with Crippen LogP contribution in [0.4, 0.5) is 11.4 Å². The summed E-state index contributed by atoms with van der Waals surface area (Å²) in [5.74, 6) is 1.79. The summed E-state index contributed by atoms with van der Waals surface area (Å²) in [6.07, 6.45) is 13.4. The van der Waals surface area contributed by atoms with Crippen LogP contribution in [0.1, 0.15) is 59.1 Å². The van der Waals surface area contributed by atoms with Crippen LogP contribution < -0.4 is 20.3 Å². The molecule has 2 N–H and O–H groups in total. The van der Waals surface area contributed by atoms with Crippen molar-refractivity contribution in [3.63, 3.8) is 0 Å². The number of pyridine rings is 1. The standard InChI is InChI=1S/C27H30N4O2S/c1-34-23-7-6-21(28-16-23)15-29-26(32)24-8-9-25-27(30-24)33-11-10-31(25)22-13-19(17-2-3-17)12-20(14-22)18-4-5-18/h6-9,12-14,16-18,21,28H,2-5,10-11,15H2,1H3,(H,29,32). The molecule has 6 rings (SSSR count). The molecule has 4 aliphatic rings. The van der Waals surface area contributed by atoms with Crippen molar-refractivity contribution >= 4 is 29.0 Å². The van der Waals surface area contributed by atoms with Crippen molar-refractivity contribution in [2.45, 2.75) is 43.6 Å². The second-order valence-electron chi connectivity index (χ2n) is 9.52. The summed E-state index contributed by atoms with van der Waals surface area (Å²) in [5.41, 5.74) is 5.49. The number of nitrogens with zero attached hydrogens (tertiary/aromatic N) is 2. The van der Waals surface area contributed by atoms with E-state index >= 15 is 0 Å². The Morgan fingerprint density at radius 3 is 2.59 bits per heavy atom. The Labute approximate surface area is 204 Å². The number of dihydropyridines is 1. The predicted octanol–water partition coefficient (Wildman–Crippen LogP) is 4.83. The maximum Gasteiger partial charge on any atom is 0.270 e. The Kier molecular flexibility index (Phi) is 5.73. The van der Waals surface area contributed by atoms with Gasteiger partial charge in [0.25, 0.3) is 5.91 Å². The summed E-state index contributed by atoms with van der Waals surface area (Å²) in [7, 11) is 0. The van der Waals surface area contributed by atoms with Crippen molar-refractivity contribution in [1.82, 2.24) is 15.6 Å². The van der Waals surface area contributed by atoms with E-state index in [2.05, 4.69) is 50.9 Å². The predicted molar refractivity (Wildman–Crippen MR) is 137 cm³/mol. The van der Waals surface area contributed by atoms with Gasteiger partial charge in [-0.2, -0.15) is 0 Å². The Morgan fingerprint density at radius 1 is 1.18 bits per heavy atom. The number of anilines is 2. The zero-order chi connectivity index (χ0) is 23.1. The van der Waals surface area contributed by atoms with Gasteiger partial charge in [-0.15, -0.1) is 11.8 Å². The Morgan fingerprint density at radius 2 is 1.94 bits per heavy atom. The number of amides is 1. The molecular weight excluding hydrogens is 444 g/mol. The van der Waals surface area contributed by atoms with Crippen LogP contribution in [0.5, 0.6) is 5.88 Å². The molecule has 2 aliphatic carbocycles. The molecule has 1 unspecified atom stereocenters. The molecule has 0 saturated heterocycles. The smallest absolute Gasteiger partial charge is 0.270 e. The van der Waals surface area contributed by atoms with E-state index in [0.717, 1.165) is 24.1 Å². The first-order valence-corrected chi connectivity index (χ1v) is 13.4. The minimum Gasteiger partial charge on any atom is -0.474 e. The zero-order valence-corrected chi connectivity index (χ0v) is 20.2. The third-order valence-corrected chi connectivity index (χ3v) is 7.66. The highest BCUT2D eigenvalue weighted by molar-refractivity contribution is 8.02. The second-order valence-corrected chi connectivity index (χ2v) is 10.4. The first-order valence-electron chi connectivity index (χ1n) is 12.2. The molecule has 176 valence electrons. The van der Waals surface area contributed by atoms with Gasteiger partial charge in [-0.3, -0.25) is 4.79 Å². The van der Waals surface area contributed by atoms with Gasteiger partial charge in [0.2, 0.25) is 5.88 Å². The highest BCUT2D eigenvalue weighted by atomic mass is 32.2. The van der Waals surface area contributed by atoms with Gasteiger partial charge in [0.05, 0.1) is 12.6 Å². The summed E-state index contributed by atoms with van der Waals surface area (Å²) in [6, 6.07) is 11.0. The summed E-state index contributed by atoms with van der Waals surface area (Å²) < 4.78 is 5.90. The molecule has 0 bridgehead atoms. The SMILES string of the molecule is CSC1=CNC(CNC(=O)c2ccc3c(n2)OCCN3c2cc(C3CC3)cc(C3CC3)c2)C=C1. The van der Waals surface area contributed by atoms with E-state index in [1.54, 1.807) is 17.8 Å². The molecular formula is C27H30N4O2S. The number of carbonyl (C=O) groups excluding carboxylic acids is 1. The summed E-state index contributed by atoms with van der Waals surface area (Å²) in [4.78, 5) is 20.8. The average Bonchev–Trinajstić information content (AvgIpc) is 3.79. The first kappa shape index (κ1) is 21.6. The van der Waals surface area contributed by atoms with E-state index in [1.807, 2.05) is 18.5 Å². The number of carbonyl (C=O) groups is 1. The molecule has 2 fully saturated rings. The topological polar surface area (TPSA) is 66.5 Å². The van der Waals surface area contributed by atoms with Gasteiger partial charge in [-0.05, 0) is 85.2 Å². The number of ether oxygens (including phenoxy) is 1. The number of hydrogen-bond donors (Lipinski definition) is 2. The second kappa shape index (κ2) is 9.02. The van der Waals surface area contributed by atoms with E-state index in [-0.39, 0.29) is 11.9 Å². The molecule has 2 aliphatic heterocycles. The number of rotatable bonds is 7. The van der Waals surface area contributed by atoms with Crippen molar-refractivity contribution in [2.75, 3.05) is 30.9 Å². The van der Waals surface area contributed by atoms with Crippen LogP contribution in [0.15, 0.2) is 53.6 Å². The number of thioether (sulfide) groups is 1. The monoisotopic (exact) mass is 474 g/mol. The molecule has 1 aromatic carbocycles. The number of nitrogens with one attached hydrogen (secondary N) is 2. The lowest BCUT2D eigenvalue weighted by Gasteiger charge is -2.31. The molecule has 34 heavy (non-hydrogen) atoms. The van der Waals surface area contributed by atoms with Crippen LogP contribution in [0.2, 0.25) is 0 Å². The van der Waals surface area contributed by atoms with Gasteiger partial charge in [-0.25, -0.2) is 4.98 Å². The van der Waals surface area contributed by atoms with Crippen LogP contribution in [0.25, 0.3) is 0 Å². The largest absolute Gasteiger partial charge is 0.474 e. The number of benzene rings is 1. The van der Waals surface area contributed by atoms with Gasteiger partial charge < -0.3 is 20.3 Å².